The monoisotopic (exact) mass is 1070 g/mol. The van der Waals surface area contributed by atoms with Crippen molar-refractivity contribution in [3.05, 3.63) is 0 Å². The van der Waals surface area contributed by atoms with Crippen molar-refractivity contribution in [1.29, 1.82) is 0 Å². The van der Waals surface area contributed by atoms with Crippen molar-refractivity contribution in [2.24, 2.45) is 94.7 Å². The molecule has 1 N–H and O–H groups in total. The van der Waals surface area contributed by atoms with Gasteiger partial charge in [-0.15, -0.1) is 0 Å². The SMILES string of the molecule is C.CC(C)C(=O)C(=O)C(C)C.CC(C)C(=O)C(C)C.CC(C)C(=S)C(C)C.CC(C)C(C(C)C)=[N+](C)O.CC(C)C(C)C(C)C.CC(C)C(C)C(C)C.CC(C)ON(C)C(C)C.COC(OC)(C(C)C)C(C)C. The van der Waals surface area contributed by atoms with Gasteiger partial charge in [-0.3, -0.25) is 24.4 Å². The lowest BCUT2D eigenvalue weighted by Crippen LogP contribution is -2.44. The second kappa shape index (κ2) is 49.9. The van der Waals surface area contributed by atoms with Crippen LogP contribution in [0.3, 0.4) is 0 Å². The first kappa shape index (κ1) is 90.9. The van der Waals surface area contributed by atoms with Gasteiger partial charge in [-0.1, -0.05) is 227 Å². The van der Waals surface area contributed by atoms with Gasteiger partial charge in [0.25, 0.3) is 0 Å². The zero-order valence-corrected chi connectivity index (χ0v) is 56.4. The number of ether oxygens (including phenoxy) is 2. The van der Waals surface area contributed by atoms with Crippen molar-refractivity contribution in [3.63, 3.8) is 0 Å². The Kier molecular flexibility index (Phi) is 62.2. The Labute approximate surface area is 465 Å². The van der Waals surface area contributed by atoms with Crippen LogP contribution < -0.4 is 0 Å². The minimum absolute atomic E-state index is 0. The van der Waals surface area contributed by atoms with Crippen LogP contribution in [0.5, 0.6) is 0 Å². The minimum atomic E-state index is -0.417. The fourth-order valence-corrected chi connectivity index (χ4v) is 7.00. The van der Waals surface area contributed by atoms with E-state index in [0.717, 1.165) is 41.2 Å². The van der Waals surface area contributed by atoms with Crippen LogP contribution in [-0.2, 0) is 28.7 Å². The summed E-state index contributed by atoms with van der Waals surface area (Å²) < 4.78 is 12.0. The first-order valence-electron chi connectivity index (χ1n) is 28.1. The highest BCUT2D eigenvalue weighted by atomic mass is 32.1. The van der Waals surface area contributed by atoms with Crippen LogP contribution in [-0.4, -0.2) is 89.2 Å². The predicted molar refractivity (Wildman–Crippen MR) is 329 cm³/mol. The zero-order chi connectivity index (χ0) is 60.1. The van der Waals surface area contributed by atoms with Gasteiger partial charge in [0.15, 0.2) is 12.8 Å². The number of hydrogen-bond acceptors (Lipinski definition) is 9. The molecule has 0 heterocycles. The van der Waals surface area contributed by atoms with Crippen LogP contribution in [0, 0.1) is 94.7 Å². The molecule has 0 unspecified atom stereocenters. The molecule has 0 bridgehead atoms. The van der Waals surface area contributed by atoms with Crippen molar-refractivity contribution in [2.45, 2.75) is 261 Å². The van der Waals surface area contributed by atoms with Crippen LogP contribution in [0.1, 0.15) is 243 Å². The second-order valence-electron chi connectivity index (χ2n) is 24.6. The van der Waals surface area contributed by atoms with Crippen LogP contribution in [0.15, 0.2) is 0 Å². The number of thiocarbonyl (C=S) groups is 1. The lowest BCUT2D eigenvalue weighted by atomic mass is 9.88. The molecule has 10 heteroatoms. The highest BCUT2D eigenvalue weighted by molar-refractivity contribution is 7.80. The maximum Gasteiger partial charge on any atom is 0.208 e. The number of hydroxylamine groups is 3. The smallest absolute Gasteiger partial charge is 0.208 e. The Morgan fingerprint density at radius 1 is 0.452 bits per heavy atom. The van der Waals surface area contributed by atoms with Crippen molar-refractivity contribution in [1.82, 2.24) is 5.06 Å². The van der Waals surface area contributed by atoms with Gasteiger partial charge in [0.1, 0.15) is 5.78 Å². The summed E-state index contributed by atoms with van der Waals surface area (Å²) >= 11 is 5.10. The molecule has 0 fully saturated rings. The highest BCUT2D eigenvalue weighted by Crippen LogP contribution is 2.30. The Morgan fingerprint density at radius 3 is 0.726 bits per heavy atom. The minimum Gasteiger partial charge on any atom is -0.353 e. The van der Waals surface area contributed by atoms with Gasteiger partial charge in [-0.25, -0.2) is 0 Å². The Hall–Kier alpha value is -1.59. The van der Waals surface area contributed by atoms with Crippen LogP contribution in [0.2, 0.25) is 0 Å². The number of nitrogens with zero attached hydrogens (tertiary/aromatic N) is 2. The topological polar surface area (TPSA) is 105 Å². The fraction of sp³-hybridized carbons (Fsp3) is 0.921. The van der Waals surface area contributed by atoms with Crippen molar-refractivity contribution >= 4 is 40.1 Å². The molecule has 0 saturated carbocycles. The van der Waals surface area contributed by atoms with E-state index in [-0.39, 0.29) is 48.8 Å². The predicted octanol–water partition coefficient (Wildman–Crippen LogP) is 18.2. The van der Waals surface area contributed by atoms with Crippen LogP contribution in [0.4, 0.5) is 0 Å². The Balaban J connectivity index is -0.0000000917. The van der Waals surface area contributed by atoms with E-state index in [4.69, 9.17) is 31.7 Å². The second-order valence-corrected chi connectivity index (χ2v) is 25.1. The first-order valence-corrected chi connectivity index (χ1v) is 28.5. The quantitative estimate of drug-likeness (QED) is 0.0243. The zero-order valence-electron chi connectivity index (χ0n) is 55.6. The van der Waals surface area contributed by atoms with E-state index in [1.165, 1.54) is 9.60 Å². The largest absolute Gasteiger partial charge is 0.353 e. The summed E-state index contributed by atoms with van der Waals surface area (Å²) in [6.45, 7) is 71.2. The van der Waals surface area contributed by atoms with E-state index < -0.39 is 5.79 Å². The molecule has 9 nitrogen and oxygen atoms in total. The van der Waals surface area contributed by atoms with Gasteiger partial charge in [0, 0.05) is 74.7 Å². The molecule has 446 valence electrons. The number of carbonyl (C=O) groups is 3. The molecule has 0 amide bonds. The Morgan fingerprint density at radius 2 is 0.699 bits per heavy atom. The van der Waals surface area contributed by atoms with E-state index in [1.54, 1.807) is 49.0 Å². The summed E-state index contributed by atoms with van der Waals surface area (Å²) in [5.41, 5.74) is 1.08. The summed E-state index contributed by atoms with van der Waals surface area (Å²) in [4.78, 5) is 39.2. The summed E-state index contributed by atoms with van der Waals surface area (Å²) in [6, 6.07) is 0.465. The van der Waals surface area contributed by atoms with Gasteiger partial charge >= 0.3 is 0 Å². The Bertz CT molecular complexity index is 1220. The average Bonchev–Trinajstić information content (AvgIpc) is 3.22. The third-order valence-corrected chi connectivity index (χ3v) is 13.6. The molecule has 0 aliphatic rings. The number of methoxy groups -OCH3 is 2. The van der Waals surface area contributed by atoms with Gasteiger partial charge in [0.2, 0.25) is 17.3 Å². The van der Waals surface area contributed by atoms with Gasteiger partial charge in [-0.05, 0) is 84.6 Å². The molecule has 0 saturated heterocycles. The molecule has 0 rings (SSSR count). The maximum absolute atomic E-state index is 10.9. The van der Waals surface area contributed by atoms with E-state index >= 15 is 0 Å². The molecule has 73 heavy (non-hydrogen) atoms. The number of hydrogen-bond donors (Lipinski definition) is 1. The van der Waals surface area contributed by atoms with Gasteiger partial charge in [-0.2, -0.15) is 5.06 Å². The molecule has 0 atom stereocenters. The number of Topliss-reactive ketones (excluding diaryl/α,β-unsaturated/α-hetero) is 3. The summed E-state index contributed by atoms with van der Waals surface area (Å²) in [7, 11) is 7.02. The lowest BCUT2D eigenvalue weighted by molar-refractivity contribution is -0.757. The molecule has 0 aromatic heterocycles. The maximum atomic E-state index is 10.9. The number of carbonyl (C=O) groups excluding carboxylic acids is 3. The third-order valence-electron chi connectivity index (χ3n) is 12.7. The van der Waals surface area contributed by atoms with Crippen LogP contribution in [0.25, 0.3) is 0 Å². The van der Waals surface area contributed by atoms with Crippen molar-refractivity contribution < 1.29 is 38.6 Å². The molecular formula is C63H137N2O7S+. The first-order chi connectivity index (χ1) is 32.2. The fourth-order valence-electron chi connectivity index (χ4n) is 7.00. The number of ketones is 3. The highest BCUT2D eigenvalue weighted by Gasteiger charge is 2.37. The third kappa shape index (κ3) is 51.0. The summed E-state index contributed by atoms with van der Waals surface area (Å²) in [5.74, 6) is 7.37. The lowest BCUT2D eigenvalue weighted by Gasteiger charge is -2.38. The van der Waals surface area contributed by atoms with E-state index in [2.05, 4.69) is 166 Å². The van der Waals surface area contributed by atoms with E-state index in [9.17, 15) is 14.4 Å². The van der Waals surface area contributed by atoms with E-state index in [0.29, 0.717) is 47.3 Å². The van der Waals surface area contributed by atoms with Crippen LogP contribution >= 0.6 is 12.2 Å². The average molecular weight is 1070 g/mol. The molecule has 0 aromatic carbocycles. The molecule has 0 aliphatic heterocycles. The molecular weight excluding hydrogens is 929 g/mol. The van der Waals surface area contributed by atoms with Gasteiger partial charge in [0.05, 0.1) is 6.10 Å². The van der Waals surface area contributed by atoms with E-state index in [1.807, 2.05) is 53.7 Å². The summed E-state index contributed by atoms with van der Waals surface area (Å²) in [5, 5.41) is 11.0. The molecule has 0 radical (unpaired) electrons. The van der Waals surface area contributed by atoms with Crippen molar-refractivity contribution in [2.75, 3.05) is 28.3 Å². The standard InChI is InChI=1S/C9H20O2.C8H18NO.C8H14O2.2C8H18.C7H17NO.C7H14O.C7H14S.CH4/c1-7(2)9(10-5,11-6)8(3)4;1-6(2)8(7(3)4)9(5)10;1-5(2)7(9)8(10)6(3)4;2*1-6(2)8(5)7(3)4;1-6(2)8(5)9-7(3)4;2*1-5(2)7(8)6(3)4;/h7-8H,1-6H3;6-7,10H,1-5H3;5-6H,1-4H3;2*6-8H,1-5H3;6-7H,1-5H3;2*5-6H,1-4H3;1H4/q;+1;;;;;;;. The number of rotatable bonds is 20. The summed E-state index contributed by atoms with van der Waals surface area (Å²) in [6.07, 6.45) is 0.289. The molecule has 0 aliphatic carbocycles. The normalized spacial score (nSPS) is 11.4. The molecule has 0 aromatic rings. The molecule has 0 spiro atoms. The van der Waals surface area contributed by atoms with Crippen molar-refractivity contribution in [3.8, 4) is 0 Å². The van der Waals surface area contributed by atoms with Gasteiger partial charge < -0.3 is 9.47 Å².